The summed E-state index contributed by atoms with van der Waals surface area (Å²) in [5, 5.41) is 10.0. The van der Waals surface area contributed by atoms with E-state index in [0.29, 0.717) is 16.6 Å². The number of benzene rings is 3. The average molecular weight is 395 g/mol. The van der Waals surface area contributed by atoms with Crippen molar-refractivity contribution in [2.45, 2.75) is 10.9 Å². The summed E-state index contributed by atoms with van der Waals surface area (Å²) in [6.07, 6.45) is 0. The summed E-state index contributed by atoms with van der Waals surface area (Å²) in [5.74, 6) is 0.680. The van der Waals surface area contributed by atoms with Gasteiger partial charge in [-0.05, 0) is 22.8 Å². The van der Waals surface area contributed by atoms with Crippen LogP contribution in [0.2, 0.25) is 0 Å². The van der Waals surface area contributed by atoms with Crippen LogP contribution in [0.25, 0.3) is 22.4 Å². The Kier molecular flexibility index (Phi) is 5.55. The molecule has 0 aliphatic rings. The first-order chi connectivity index (χ1) is 14.2. The predicted molar refractivity (Wildman–Crippen MR) is 116 cm³/mol. The van der Waals surface area contributed by atoms with Crippen molar-refractivity contribution >= 4 is 11.8 Å². The van der Waals surface area contributed by atoms with Crippen LogP contribution in [0.15, 0.2) is 94.9 Å². The molecule has 0 saturated heterocycles. The van der Waals surface area contributed by atoms with Gasteiger partial charge in [-0.2, -0.15) is 5.26 Å². The Labute approximate surface area is 172 Å². The van der Waals surface area contributed by atoms with Crippen LogP contribution in [0.3, 0.4) is 0 Å². The quantitative estimate of drug-likeness (QED) is 0.369. The summed E-state index contributed by atoms with van der Waals surface area (Å²) in [5.41, 5.74) is 3.97. The Balaban J connectivity index is 1.72. The molecule has 0 spiro atoms. The van der Waals surface area contributed by atoms with Gasteiger partial charge in [-0.25, -0.2) is 4.98 Å². The molecular weight excluding hydrogens is 378 g/mol. The third-order valence-electron chi connectivity index (χ3n) is 4.47. The fourth-order valence-electron chi connectivity index (χ4n) is 3.04. The molecule has 5 heteroatoms. The van der Waals surface area contributed by atoms with E-state index < -0.39 is 5.56 Å². The van der Waals surface area contributed by atoms with Gasteiger partial charge in [0.15, 0.2) is 5.16 Å². The number of aromatic amines is 1. The zero-order valence-electron chi connectivity index (χ0n) is 15.5. The smallest absolute Gasteiger partial charge is 0.270 e. The standard InChI is InChI=1S/C24H17N3OS/c25-15-21-22(20-13-7-12-19(14-20)18-10-5-2-6-11-18)26-24(27-23(21)28)29-16-17-8-3-1-4-9-17/h1-14H,16H2,(H,26,27,28). The molecule has 29 heavy (non-hydrogen) atoms. The number of hydrogen-bond acceptors (Lipinski definition) is 4. The monoisotopic (exact) mass is 395 g/mol. The molecule has 0 aliphatic carbocycles. The lowest BCUT2D eigenvalue weighted by Crippen LogP contribution is -2.14. The first-order valence-corrected chi connectivity index (χ1v) is 10.1. The summed E-state index contributed by atoms with van der Waals surface area (Å²) in [4.78, 5) is 19.8. The first kappa shape index (κ1) is 18.7. The number of H-pyrrole nitrogens is 1. The Morgan fingerprint density at radius 2 is 1.52 bits per heavy atom. The van der Waals surface area contributed by atoms with E-state index in [4.69, 9.17) is 0 Å². The maximum atomic E-state index is 12.5. The van der Waals surface area contributed by atoms with Crippen molar-refractivity contribution in [3.05, 3.63) is 106 Å². The zero-order chi connectivity index (χ0) is 20.1. The minimum Gasteiger partial charge on any atom is -0.300 e. The number of nitrogens with zero attached hydrogens (tertiary/aromatic N) is 2. The summed E-state index contributed by atoms with van der Waals surface area (Å²) >= 11 is 1.44. The zero-order valence-corrected chi connectivity index (χ0v) is 16.3. The van der Waals surface area contributed by atoms with Crippen molar-refractivity contribution in [2.24, 2.45) is 0 Å². The van der Waals surface area contributed by atoms with E-state index in [1.54, 1.807) is 0 Å². The molecule has 0 fully saturated rings. The van der Waals surface area contributed by atoms with Crippen LogP contribution < -0.4 is 5.56 Å². The van der Waals surface area contributed by atoms with Gasteiger partial charge in [0.25, 0.3) is 5.56 Å². The molecule has 0 aliphatic heterocycles. The second-order valence-corrected chi connectivity index (χ2v) is 7.39. The molecule has 0 bridgehead atoms. The SMILES string of the molecule is N#Cc1c(-c2cccc(-c3ccccc3)c2)nc(SCc2ccccc2)[nH]c1=O. The molecule has 4 rings (SSSR count). The molecule has 4 aromatic rings. The molecule has 0 unspecified atom stereocenters. The third kappa shape index (κ3) is 4.29. The average Bonchev–Trinajstić information content (AvgIpc) is 2.79. The van der Waals surface area contributed by atoms with E-state index in [-0.39, 0.29) is 5.56 Å². The van der Waals surface area contributed by atoms with Gasteiger partial charge in [-0.1, -0.05) is 90.6 Å². The number of thioether (sulfide) groups is 1. The van der Waals surface area contributed by atoms with Crippen LogP contribution in [0, 0.1) is 11.3 Å². The molecule has 3 aromatic carbocycles. The first-order valence-electron chi connectivity index (χ1n) is 9.11. The van der Waals surface area contributed by atoms with Gasteiger partial charge >= 0.3 is 0 Å². The normalized spacial score (nSPS) is 10.4. The van der Waals surface area contributed by atoms with Crippen molar-refractivity contribution in [2.75, 3.05) is 0 Å². The van der Waals surface area contributed by atoms with E-state index in [1.807, 2.05) is 91.0 Å². The van der Waals surface area contributed by atoms with E-state index in [2.05, 4.69) is 9.97 Å². The largest absolute Gasteiger partial charge is 0.300 e. The molecule has 0 saturated carbocycles. The van der Waals surface area contributed by atoms with E-state index in [1.165, 1.54) is 11.8 Å². The van der Waals surface area contributed by atoms with E-state index in [0.717, 1.165) is 22.3 Å². The van der Waals surface area contributed by atoms with Gasteiger partial charge in [-0.15, -0.1) is 0 Å². The highest BCUT2D eigenvalue weighted by Gasteiger charge is 2.14. The van der Waals surface area contributed by atoms with Crippen LogP contribution in [-0.2, 0) is 5.75 Å². The van der Waals surface area contributed by atoms with Crippen LogP contribution in [0.1, 0.15) is 11.1 Å². The predicted octanol–water partition coefficient (Wildman–Crippen LogP) is 5.27. The lowest BCUT2D eigenvalue weighted by molar-refractivity contribution is 0.934. The molecule has 1 heterocycles. The van der Waals surface area contributed by atoms with Gasteiger partial charge in [0.1, 0.15) is 11.6 Å². The van der Waals surface area contributed by atoms with Gasteiger partial charge in [0, 0.05) is 11.3 Å². The summed E-state index contributed by atoms with van der Waals surface area (Å²) in [6.45, 7) is 0. The highest BCUT2D eigenvalue weighted by Crippen LogP contribution is 2.28. The number of rotatable bonds is 5. The molecule has 140 valence electrons. The fourth-order valence-corrected chi connectivity index (χ4v) is 3.85. The Morgan fingerprint density at radius 3 is 2.24 bits per heavy atom. The summed E-state index contributed by atoms with van der Waals surface area (Å²) in [7, 11) is 0. The number of hydrogen-bond donors (Lipinski definition) is 1. The number of nitrogens with one attached hydrogen (secondary N) is 1. The minimum atomic E-state index is -0.418. The Bertz CT molecular complexity index is 1230. The lowest BCUT2D eigenvalue weighted by atomic mass is 10.0. The molecule has 4 nitrogen and oxygen atoms in total. The van der Waals surface area contributed by atoms with Crippen molar-refractivity contribution < 1.29 is 0 Å². The fraction of sp³-hybridized carbons (Fsp3) is 0.0417. The maximum Gasteiger partial charge on any atom is 0.270 e. The van der Waals surface area contributed by atoms with Crippen molar-refractivity contribution in [3.63, 3.8) is 0 Å². The summed E-state index contributed by atoms with van der Waals surface area (Å²) in [6, 6.07) is 29.7. The molecule has 1 aromatic heterocycles. The molecule has 1 N–H and O–H groups in total. The Hall–Kier alpha value is -3.62. The van der Waals surface area contributed by atoms with Crippen molar-refractivity contribution in [3.8, 4) is 28.5 Å². The van der Waals surface area contributed by atoms with Crippen LogP contribution in [0.5, 0.6) is 0 Å². The molecule has 0 atom stereocenters. The van der Waals surface area contributed by atoms with Gasteiger partial charge in [0.05, 0.1) is 5.69 Å². The maximum absolute atomic E-state index is 12.5. The highest BCUT2D eigenvalue weighted by molar-refractivity contribution is 7.98. The van der Waals surface area contributed by atoms with Crippen molar-refractivity contribution in [1.29, 1.82) is 5.26 Å². The van der Waals surface area contributed by atoms with Crippen molar-refractivity contribution in [1.82, 2.24) is 9.97 Å². The van der Waals surface area contributed by atoms with Crippen LogP contribution >= 0.6 is 11.8 Å². The second-order valence-electron chi connectivity index (χ2n) is 6.43. The van der Waals surface area contributed by atoms with Gasteiger partial charge < -0.3 is 4.98 Å². The van der Waals surface area contributed by atoms with E-state index in [9.17, 15) is 10.1 Å². The number of aromatic nitrogens is 2. The molecule has 0 radical (unpaired) electrons. The van der Waals surface area contributed by atoms with Gasteiger partial charge in [0.2, 0.25) is 0 Å². The topological polar surface area (TPSA) is 69.5 Å². The highest BCUT2D eigenvalue weighted by atomic mass is 32.2. The van der Waals surface area contributed by atoms with Crippen LogP contribution in [-0.4, -0.2) is 9.97 Å². The minimum absolute atomic E-state index is 0.0271. The lowest BCUT2D eigenvalue weighted by Gasteiger charge is -2.09. The number of nitriles is 1. The molecular formula is C24H17N3OS. The third-order valence-corrected chi connectivity index (χ3v) is 5.42. The van der Waals surface area contributed by atoms with Gasteiger partial charge in [-0.3, -0.25) is 4.79 Å². The van der Waals surface area contributed by atoms with Crippen LogP contribution in [0.4, 0.5) is 0 Å². The molecule has 0 amide bonds. The van der Waals surface area contributed by atoms with E-state index >= 15 is 0 Å². The second kappa shape index (κ2) is 8.59. The Morgan fingerprint density at radius 1 is 0.862 bits per heavy atom. The summed E-state index contributed by atoms with van der Waals surface area (Å²) < 4.78 is 0.